The number of hydrogen-bond donors (Lipinski definition) is 0. The Morgan fingerprint density at radius 3 is 2.84 bits per heavy atom. The Balaban J connectivity index is 1.36. The number of pyridine rings is 2. The van der Waals surface area contributed by atoms with E-state index in [0.717, 1.165) is 62.4 Å². The molecule has 4 rings (SSSR count). The first-order valence-corrected chi connectivity index (χ1v) is 10.8. The third kappa shape index (κ3) is 5.26. The van der Waals surface area contributed by atoms with Crippen LogP contribution in [0.4, 0.5) is 0 Å². The molecule has 164 valence electrons. The number of imidazole rings is 1. The number of ether oxygens (including phenoxy) is 1. The molecule has 0 aliphatic carbocycles. The molecule has 1 fully saturated rings. The maximum atomic E-state index is 13.0. The van der Waals surface area contributed by atoms with Crippen molar-refractivity contribution in [1.82, 2.24) is 29.3 Å². The lowest BCUT2D eigenvalue weighted by molar-refractivity contribution is 0.0723. The van der Waals surface area contributed by atoms with Gasteiger partial charge in [0.2, 0.25) is 0 Å². The van der Waals surface area contributed by atoms with Gasteiger partial charge in [0, 0.05) is 45.8 Å². The second-order valence-electron chi connectivity index (χ2n) is 8.26. The van der Waals surface area contributed by atoms with Gasteiger partial charge in [-0.05, 0) is 49.5 Å². The van der Waals surface area contributed by atoms with Crippen LogP contribution in [0.25, 0.3) is 11.2 Å². The lowest BCUT2D eigenvalue weighted by Gasteiger charge is -2.33. The highest BCUT2D eigenvalue weighted by molar-refractivity contribution is 5.96. The minimum Gasteiger partial charge on any atom is -0.383 e. The highest BCUT2D eigenvalue weighted by Gasteiger charge is 2.23. The van der Waals surface area contributed by atoms with Crippen LogP contribution in [0.3, 0.4) is 0 Å². The molecule has 3 aromatic rings. The molecule has 0 radical (unpaired) electrons. The summed E-state index contributed by atoms with van der Waals surface area (Å²) in [4.78, 5) is 30.4. The van der Waals surface area contributed by atoms with E-state index >= 15 is 0 Å². The van der Waals surface area contributed by atoms with Crippen LogP contribution in [0.15, 0.2) is 43.1 Å². The third-order valence-corrected chi connectivity index (χ3v) is 5.98. The molecule has 0 aromatic carbocycles. The predicted octanol–water partition coefficient (Wildman–Crippen LogP) is 2.30. The zero-order chi connectivity index (χ0) is 21.6. The largest absolute Gasteiger partial charge is 0.383 e. The van der Waals surface area contributed by atoms with Crippen LogP contribution in [0, 0.1) is 5.92 Å². The molecule has 1 aliphatic heterocycles. The van der Waals surface area contributed by atoms with Gasteiger partial charge in [0.25, 0.3) is 5.91 Å². The van der Waals surface area contributed by atoms with Gasteiger partial charge < -0.3 is 19.1 Å². The average molecular weight is 423 g/mol. The van der Waals surface area contributed by atoms with Gasteiger partial charge in [-0.2, -0.15) is 0 Å². The molecule has 1 amide bonds. The Kier molecular flexibility index (Phi) is 6.89. The molecule has 1 saturated heterocycles. The average Bonchev–Trinajstić information content (AvgIpc) is 3.20. The van der Waals surface area contributed by atoms with Crippen molar-refractivity contribution in [3.63, 3.8) is 0 Å². The van der Waals surface area contributed by atoms with Crippen LogP contribution in [0.1, 0.15) is 28.8 Å². The summed E-state index contributed by atoms with van der Waals surface area (Å²) < 4.78 is 7.14. The highest BCUT2D eigenvalue weighted by Crippen LogP contribution is 2.20. The summed E-state index contributed by atoms with van der Waals surface area (Å²) in [6.07, 6.45) is 9.23. The fraction of sp³-hybridized carbons (Fsp3) is 0.478. The third-order valence-electron chi connectivity index (χ3n) is 5.98. The second kappa shape index (κ2) is 9.98. The number of nitrogens with zero attached hydrogens (tertiary/aromatic N) is 6. The van der Waals surface area contributed by atoms with E-state index in [2.05, 4.69) is 19.9 Å². The molecule has 1 aliphatic rings. The van der Waals surface area contributed by atoms with Gasteiger partial charge in [-0.1, -0.05) is 6.07 Å². The monoisotopic (exact) mass is 422 g/mol. The molecule has 3 aromatic heterocycles. The number of fused-ring (bicyclic) bond motifs is 1. The Morgan fingerprint density at radius 1 is 1.26 bits per heavy atom. The van der Waals surface area contributed by atoms with Crippen LogP contribution in [-0.2, 0) is 11.3 Å². The van der Waals surface area contributed by atoms with Crippen molar-refractivity contribution in [1.29, 1.82) is 0 Å². The normalized spacial score (nSPS) is 15.4. The number of piperidine rings is 1. The minimum absolute atomic E-state index is 0.00183. The number of aromatic nitrogens is 4. The fourth-order valence-electron chi connectivity index (χ4n) is 4.17. The molecule has 4 heterocycles. The first kappa shape index (κ1) is 21.4. The first-order chi connectivity index (χ1) is 15.1. The van der Waals surface area contributed by atoms with Crippen molar-refractivity contribution in [2.45, 2.75) is 19.4 Å². The topological polar surface area (TPSA) is 76.4 Å². The quantitative estimate of drug-likeness (QED) is 0.555. The molecular weight excluding hydrogens is 392 g/mol. The summed E-state index contributed by atoms with van der Waals surface area (Å²) in [5.74, 6) is 0.529. The molecule has 0 N–H and O–H groups in total. The number of carbonyl (C=O) groups excluding carboxylic acids is 1. The number of amides is 1. The molecule has 0 atom stereocenters. The summed E-state index contributed by atoms with van der Waals surface area (Å²) in [5, 5.41) is 0. The summed E-state index contributed by atoms with van der Waals surface area (Å²) >= 11 is 0. The van der Waals surface area contributed by atoms with Gasteiger partial charge in [0.05, 0.1) is 25.0 Å². The summed E-state index contributed by atoms with van der Waals surface area (Å²) in [6.45, 7) is 5.31. The van der Waals surface area contributed by atoms with Gasteiger partial charge in [0.15, 0.2) is 5.65 Å². The molecule has 0 saturated carbocycles. The van der Waals surface area contributed by atoms with E-state index in [4.69, 9.17) is 4.74 Å². The molecule has 8 heteroatoms. The van der Waals surface area contributed by atoms with Crippen molar-refractivity contribution in [3.8, 4) is 0 Å². The van der Waals surface area contributed by atoms with Gasteiger partial charge in [-0.15, -0.1) is 0 Å². The van der Waals surface area contributed by atoms with Crippen molar-refractivity contribution >= 4 is 17.1 Å². The fourth-order valence-corrected chi connectivity index (χ4v) is 4.17. The summed E-state index contributed by atoms with van der Waals surface area (Å²) in [7, 11) is 3.62. The smallest absolute Gasteiger partial charge is 0.255 e. The van der Waals surface area contributed by atoms with E-state index in [1.54, 1.807) is 25.8 Å². The Bertz CT molecular complexity index is 998. The van der Waals surface area contributed by atoms with Crippen LogP contribution >= 0.6 is 0 Å². The Hall–Kier alpha value is -2.84. The van der Waals surface area contributed by atoms with Crippen molar-refractivity contribution in [2.75, 3.05) is 46.9 Å². The molecule has 8 nitrogen and oxygen atoms in total. The van der Waals surface area contributed by atoms with Crippen molar-refractivity contribution in [2.24, 2.45) is 5.92 Å². The Morgan fingerprint density at radius 2 is 2.10 bits per heavy atom. The van der Waals surface area contributed by atoms with E-state index < -0.39 is 0 Å². The predicted molar refractivity (Wildman–Crippen MR) is 119 cm³/mol. The number of likely N-dealkylation sites (tertiary alicyclic amines) is 1. The van der Waals surface area contributed by atoms with Gasteiger partial charge in [0.1, 0.15) is 5.52 Å². The van der Waals surface area contributed by atoms with E-state index in [1.165, 1.54) is 0 Å². The number of carbonyl (C=O) groups is 1. The number of hydrogen-bond acceptors (Lipinski definition) is 6. The maximum Gasteiger partial charge on any atom is 0.255 e. The number of rotatable bonds is 8. The summed E-state index contributed by atoms with van der Waals surface area (Å²) in [5.41, 5.74) is 3.16. The van der Waals surface area contributed by atoms with E-state index in [0.29, 0.717) is 18.0 Å². The second-order valence-corrected chi connectivity index (χ2v) is 8.26. The SMILES string of the molecule is COCCN1CCC(CN(C)C(=O)c2cnc3c(c2)ncn3Cc2cccnc2)CC1. The lowest BCUT2D eigenvalue weighted by atomic mass is 9.96. The van der Waals surface area contributed by atoms with Crippen molar-refractivity contribution < 1.29 is 9.53 Å². The van der Waals surface area contributed by atoms with Gasteiger partial charge >= 0.3 is 0 Å². The molecule has 0 unspecified atom stereocenters. The molecular formula is C23H30N6O2. The van der Waals surface area contributed by atoms with Crippen LogP contribution in [-0.4, -0.2) is 82.2 Å². The van der Waals surface area contributed by atoms with E-state index in [9.17, 15) is 4.79 Å². The van der Waals surface area contributed by atoms with Gasteiger partial charge in [-0.3, -0.25) is 9.78 Å². The van der Waals surface area contributed by atoms with E-state index in [1.807, 2.05) is 40.9 Å². The minimum atomic E-state index is -0.00183. The molecule has 0 bridgehead atoms. The van der Waals surface area contributed by atoms with Gasteiger partial charge in [-0.25, -0.2) is 9.97 Å². The zero-order valence-corrected chi connectivity index (χ0v) is 18.3. The van der Waals surface area contributed by atoms with Crippen LogP contribution in [0.2, 0.25) is 0 Å². The number of methoxy groups -OCH3 is 1. The lowest BCUT2D eigenvalue weighted by Crippen LogP contribution is -2.40. The van der Waals surface area contributed by atoms with Crippen molar-refractivity contribution in [3.05, 3.63) is 54.2 Å². The zero-order valence-electron chi connectivity index (χ0n) is 18.3. The van der Waals surface area contributed by atoms with Crippen LogP contribution in [0.5, 0.6) is 0 Å². The Labute approximate surface area is 182 Å². The molecule has 31 heavy (non-hydrogen) atoms. The highest BCUT2D eigenvalue weighted by atomic mass is 16.5. The maximum absolute atomic E-state index is 13.0. The van der Waals surface area contributed by atoms with E-state index in [-0.39, 0.29) is 5.91 Å². The first-order valence-electron chi connectivity index (χ1n) is 10.8. The summed E-state index contributed by atoms with van der Waals surface area (Å²) in [6, 6.07) is 5.78. The van der Waals surface area contributed by atoms with Crippen LogP contribution < -0.4 is 0 Å². The standard InChI is InChI=1S/C23H30N6O2/c1-27(15-18-5-8-28(9-6-18)10-11-31-2)23(30)20-12-21-22(25-14-20)29(17-26-21)16-19-4-3-7-24-13-19/h3-4,7,12-14,17-18H,5-6,8-11,15-16H2,1-2H3. The molecule has 0 spiro atoms.